The Kier molecular flexibility index (Phi) is 6.49. The topological polar surface area (TPSA) is 66.7 Å². The molecule has 3 atom stereocenters. The predicted octanol–water partition coefficient (Wildman–Crippen LogP) is 11.6. The first-order valence-corrected chi connectivity index (χ1v) is 17.7. The van der Waals surface area contributed by atoms with Crippen molar-refractivity contribution in [1.29, 1.82) is 0 Å². The molecule has 4 heterocycles. The second-order valence-corrected chi connectivity index (χ2v) is 13.8. The van der Waals surface area contributed by atoms with Crippen LogP contribution in [0, 0.1) is 0 Å². The number of benzene rings is 7. The van der Waals surface area contributed by atoms with Crippen LogP contribution in [0.1, 0.15) is 35.2 Å². The van der Waals surface area contributed by atoms with Gasteiger partial charge in [-0.3, -0.25) is 15.5 Å². The molecular weight excluding hydrogens is 643 g/mol. The molecule has 0 spiro atoms. The average Bonchev–Trinajstić information content (AvgIpc) is 3.89. The summed E-state index contributed by atoms with van der Waals surface area (Å²) in [6.45, 7) is 0. The smallest absolute Gasteiger partial charge is 0.141 e. The van der Waals surface area contributed by atoms with Gasteiger partial charge in [0.05, 0.1) is 18.5 Å². The van der Waals surface area contributed by atoms with E-state index in [0.717, 1.165) is 88.1 Å². The van der Waals surface area contributed by atoms with Crippen LogP contribution in [0.5, 0.6) is 0 Å². The molecule has 11 rings (SSSR count). The summed E-state index contributed by atoms with van der Waals surface area (Å²) >= 11 is 0. The van der Waals surface area contributed by atoms with Crippen LogP contribution in [0.4, 0.5) is 0 Å². The second kappa shape index (κ2) is 11.4. The van der Waals surface area contributed by atoms with Crippen molar-refractivity contribution >= 4 is 65.8 Å². The van der Waals surface area contributed by atoms with Crippen molar-refractivity contribution in [3.8, 4) is 11.1 Å². The standard InChI is InChI=1S/C46H33N3O3/c1-49-45(27-12-3-2-4-13-27)47-44(35-19-9-17-32-30-14-5-7-21-37(30)51-42(32)35)48-46(49)36-20-10-18-33-31-25-24-28(26-40(31)52-43(33)36)29-16-11-23-39-41(29)34-15-6-8-22-38(34)50-39/h2-26,44-48H,1H3. The summed E-state index contributed by atoms with van der Waals surface area (Å²) < 4.78 is 19.6. The number of furan rings is 3. The SMILES string of the molecule is CN1C(c2ccccc2)NC(c2cccc3c2oc2ccccc23)NC1c1cccc2c1oc1cc(-c3cccc4oc5ccccc5c34)ccc12. The van der Waals surface area contributed by atoms with Gasteiger partial charge in [0.25, 0.3) is 0 Å². The molecule has 1 aliphatic rings. The van der Waals surface area contributed by atoms with Crippen LogP contribution < -0.4 is 10.6 Å². The zero-order chi connectivity index (χ0) is 34.3. The van der Waals surface area contributed by atoms with Crippen molar-refractivity contribution < 1.29 is 13.3 Å². The zero-order valence-electron chi connectivity index (χ0n) is 28.3. The van der Waals surface area contributed by atoms with Crippen LogP contribution in [0.2, 0.25) is 0 Å². The Balaban J connectivity index is 1.06. The highest BCUT2D eigenvalue weighted by Gasteiger charge is 2.37. The Morgan fingerprint density at radius 3 is 1.88 bits per heavy atom. The van der Waals surface area contributed by atoms with Crippen molar-refractivity contribution in [2.24, 2.45) is 0 Å². The van der Waals surface area contributed by atoms with E-state index >= 15 is 0 Å². The molecule has 2 N–H and O–H groups in total. The first-order chi connectivity index (χ1) is 25.7. The highest BCUT2D eigenvalue weighted by Crippen LogP contribution is 2.43. The molecule has 10 aromatic rings. The van der Waals surface area contributed by atoms with E-state index in [1.54, 1.807) is 0 Å². The molecule has 0 saturated carbocycles. The molecule has 1 fully saturated rings. The highest BCUT2D eigenvalue weighted by molar-refractivity contribution is 6.14. The fourth-order valence-corrected chi connectivity index (χ4v) is 8.42. The molecule has 6 nitrogen and oxygen atoms in total. The third kappa shape index (κ3) is 4.42. The van der Waals surface area contributed by atoms with E-state index in [1.165, 1.54) is 5.56 Å². The number of para-hydroxylation sites is 4. The van der Waals surface area contributed by atoms with Gasteiger partial charge in [0.2, 0.25) is 0 Å². The second-order valence-electron chi connectivity index (χ2n) is 13.8. The first kappa shape index (κ1) is 29.5. The van der Waals surface area contributed by atoms with Crippen LogP contribution in [0.25, 0.3) is 76.9 Å². The summed E-state index contributed by atoms with van der Waals surface area (Å²) in [6, 6.07) is 52.9. The summed E-state index contributed by atoms with van der Waals surface area (Å²) in [5.74, 6) is 0. The van der Waals surface area contributed by atoms with Gasteiger partial charge in [-0.25, -0.2) is 0 Å². The van der Waals surface area contributed by atoms with Crippen molar-refractivity contribution in [3.05, 3.63) is 168 Å². The minimum Gasteiger partial charge on any atom is -0.456 e. The minimum atomic E-state index is -0.216. The largest absolute Gasteiger partial charge is 0.456 e. The van der Waals surface area contributed by atoms with E-state index in [4.69, 9.17) is 13.3 Å². The molecule has 0 bridgehead atoms. The number of nitrogens with zero attached hydrogens (tertiary/aromatic N) is 1. The van der Waals surface area contributed by atoms with E-state index in [-0.39, 0.29) is 18.5 Å². The third-order valence-corrected chi connectivity index (χ3v) is 10.9. The van der Waals surface area contributed by atoms with Crippen molar-refractivity contribution in [2.45, 2.75) is 18.5 Å². The maximum Gasteiger partial charge on any atom is 0.141 e. The third-order valence-electron chi connectivity index (χ3n) is 10.9. The lowest BCUT2D eigenvalue weighted by atomic mass is 9.98. The molecule has 0 aliphatic carbocycles. The molecule has 0 radical (unpaired) electrons. The lowest BCUT2D eigenvalue weighted by Gasteiger charge is -2.45. The lowest BCUT2D eigenvalue weighted by Crippen LogP contribution is -2.54. The van der Waals surface area contributed by atoms with Gasteiger partial charge in [0, 0.05) is 43.4 Å². The molecule has 52 heavy (non-hydrogen) atoms. The van der Waals surface area contributed by atoms with Gasteiger partial charge >= 0.3 is 0 Å². The molecular formula is C46H33N3O3. The maximum absolute atomic E-state index is 6.89. The average molecular weight is 676 g/mol. The molecule has 1 saturated heterocycles. The van der Waals surface area contributed by atoms with Gasteiger partial charge in [0.1, 0.15) is 33.5 Å². The first-order valence-electron chi connectivity index (χ1n) is 17.7. The van der Waals surface area contributed by atoms with E-state index < -0.39 is 0 Å². The van der Waals surface area contributed by atoms with Crippen LogP contribution in [0.3, 0.4) is 0 Å². The summed E-state index contributed by atoms with van der Waals surface area (Å²) in [5.41, 5.74) is 10.8. The Labute approximate surface area is 298 Å². The number of hydrogen-bond donors (Lipinski definition) is 2. The Bertz CT molecular complexity index is 2970. The van der Waals surface area contributed by atoms with Crippen LogP contribution >= 0.6 is 0 Å². The Morgan fingerprint density at radius 2 is 1.06 bits per heavy atom. The summed E-state index contributed by atoms with van der Waals surface area (Å²) in [7, 11) is 2.16. The van der Waals surface area contributed by atoms with Gasteiger partial charge < -0.3 is 13.3 Å². The van der Waals surface area contributed by atoms with Gasteiger partial charge in [-0.05, 0) is 54.1 Å². The normalized spacial score (nSPS) is 18.4. The van der Waals surface area contributed by atoms with E-state index in [0.29, 0.717) is 0 Å². The molecule has 6 heteroatoms. The van der Waals surface area contributed by atoms with E-state index in [2.05, 4.69) is 144 Å². The number of fused-ring (bicyclic) bond motifs is 9. The molecule has 0 amide bonds. The van der Waals surface area contributed by atoms with Crippen molar-refractivity contribution in [3.63, 3.8) is 0 Å². The van der Waals surface area contributed by atoms with Gasteiger partial charge in [-0.1, -0.05) is 121 Å². The molecule has 3 aromatic heterocycles. The van der Waals surface area contributed by atoms with Crippen LogP contribution in [-0.2, 0) is 0 Å². The Hall–Kier alpha value is -6.18. The van der Waals surface area contributed by atoms with Crippen molar-refractivity contribution in [2.75, 3.05) is 7.05 Å². The maximum atomic E-state index is 6.89. The molecule has 3 unspecified atom stereocenters. The summed E-state index contributed by atoms with van der Waals surface area (Å²) in [5, 5.41) is 14.5. The van der Waals surface area contributed by atoms with Crippen LogP contribution in [-0.4, -0.2) is 11.9 Å². The molecule has 250 valence electrons. The monoisotopic (exact) mass is 675 g/mol. The van der Waals surface area contributed by atoms with Gasteiger partial charge in [0.15, 0.2) is 0 Å². The molecule has 1 aliphatic heterocycles. The Morgan fingerprint density at radius 1 is 0.462 bits per heavy atom. The number of rotatable bonds is 4. The predicted molar refractivity (Wildman–Crippen MR) is 209 cm³/mol. The zero-order valence-corrected chi connectivity index (χ0v) is 28.3. The molecule has 7 aromatic carbocycles. The van der Waals surface area contributed by atoms with Gasteiger partial charge in [-0.15, -0.1) is 0 Å². The fraction of sp³-hybridized carbons (Fsp3) is 0.0870. The van der Waals surface area contributed by atoms with Gasteiger partial charge in [-0.2, -0.15) is 0 Å². The van der Waals surface area contributed by atoms with Crippen LogP contribution in [0.15, 0.2) is 165 Å². The highest BCUT2D eigenvalue weighted by atomic mass is 16.3. The van der Waals surface area contributed by atoms with E-state index in [1.807, 2.05) is 30.3 Å². The summed E-state index contributed by atoms with van der Waals surface area (Å²) in [4.78, 5) is 2.35. The van der Waals surface area contributed by atoms with Crippen molar-refractivity contribution in [1.82, 2.24) is 15.5 Å². The summed E-state index contributed by atoms with van der Waals surface area (Å²) in [6.07, 6.45) is -0.494. The fourth-order valence-electron chi connectivity index (χ4n) is 8.42. The lowest BCUT2D eigenvalue weighted by molar-refractivity contribution is 0.0421. The minimum absolute atomic E-state index is 0.0893. The number of nitrogens with one attached hydrogen (secondary N) is 2. The van der Waals surface area contributed by atoms with E-state index in [9.17, 15) is 0 Å². The quantitative estimate of drug-likeness (QED) is 0.194. The number of hydrogen-bond acceptors (Lipinski definition) is 6.